The quantitative estimate of drug-likeness (QED) is 0.298. The number of rotatable bonds is 0. The molecular weight excluding hydrogens is 78.1 g/mol. The first-order chi connectivity index (χ1) is 3.00. The van der Waals surface area contributed by atoms with Gasteiger partial charge in [0.15, 0.2) is 6.21 Å². The lowest BCUT2D eigenvalue weighted by atomic mass is 10.7. The van der Waals surface area contributed by atoms with Crippen LogP contribution in [0.2, 0.25) is 0 Å². The topological polar surface area (TPSA) is 38.0 Å². The Morgan fingerprint density at radius 3 is 2.83 bits per heavy atom. The highest BCUT2D eigenvalue weighted by molar-refractivity contribution is 5.52. The highest BCUT2D eigenvalue weighted by atomic mass is 15.3. The average Bonchev–Trinajstić information content (AvgIpc) is 1.72. The summed E-state index contributed by atoms with van der Waals surface area (Å²) in [4.78, 5) is 0. The van der Waals surface area contributed by atoms with E-state index in [4.69, 9.17) is 0 Å². The van der Waals surface area contributed by atoms with E-state index in [2.05, 4.69) is 15.8 Å². The van der Waals surface area contributed by atoms with Gasteiger partial charge in [0.05, 0.1) is 6.54 Å². The van der Waals surface area contributed by atoms with Crippen molar-refractivity contribution < 1.29 is 5.10 Å². The molecule has 0 saturated carbocycles. The molecule has 0 atom stereocenters. The predicted molar refractivity (Wildman–Crippen MR) is 23.0 cm³/mol. The lowest BCUT2D eigenvalue weighted by Crippen LogP contribution is -2.84. The fourth-order valence-corrected chi connectivity index (χ4v) is 0.381. The van der Waals surface area contributed by atoms with Crippen molar-refractivity contribution in [3.8, 4) is 0 Å². The molecule has 3 N–H and O–H groups in total. The van der Waals surface area contributed by atoms with E-state index < -0.39 is 0 Å². The lowest BCUT2D eigenvalue weighted by Gasteiger charge is -1.98. The smallest absolute Gasteiger partial charge is 0.181 e. The predicted octanol–water partition coefficient (Wildman–Crippen LogP) is -2.80. The van der Waals surface area contributed by atoms with Crippen molar-refractivity contribution >= 4 is 6.21 Å². The monoisotopic (exact) mass is 86.1 g/mol. The molecule has 0 fully saturated rings. The number of hydrogen-bond acceptors (Lipinski definition) is 2. The van der Waals surface area contributed by atoms with Crippen LogP contribution in [0.5, 0.6) is 0 Å². The number of nitrogens with one attached hydrogen (secondary N) is 3. The average molecular weight is 86.1 g/mol. The zero-order valence-corrected chi connectivity index (χ0v) is 3.49. The van der Waals surface area contributed by atoms with Gasteiger partial charge >= 0.3 is 0 Å². The summed E-state index contributed by atoms with van der Waals surface area (Å²) in [5.74, 6) is 0. The van der Waals surface area contributed by atoms with Gasteiger partial charge in [0.25, 0.3) is 0 Å². The van der Waals surface area contributed by atoms with Crippen molar-refractivity contribution in [3.05, 3.63) is 0 Å². The molecule has 0 amide bonds. The Balaban J connectivity index is 2.26. The van der Waals surface area contributed by atoms with E-state index in [1.165, 1.54) is 0 Å². The van der Waals surface area contributed by atoms with E-state index >= 15 is 0 Å². The van der Waals surface area contributed by atoms with E-state index in [1.54, 1.807) is 0 Å². The third kappa shape index (κ3) is 0.687. The second-order valence-electron chi connectivity index (χ2n) is 1.16. The second-order valence-corrected chi connectivity index (χ2v) is 1.16. The maximum Gasteiger partial charge on any atom is 0.181 e. The first-order valence-corrected chi connectivity index (χ1v) is 2.01. The van der Waals surface area contributed by atoms with Crippen molar-refractivity contribution in [1.29, 1.82) is 0 Å². The van der Waals surface area contributed by atoms with Gasteiger partial charge in [-0.05, 0) is 0 Å². The van der Waals surface area contributed by atoms with Gasteiger partial charge in [-0.2, -0.15) is 5.43 Å². The van der Waals surface area contributed by atoms with Gasteiger partial charge in [-0.15, -0.1) is 5.10 Å². The normalized spacial score (nSPS) is 20.0. The van der Waals surface area contributed by atoms with Crippen LogP contribution in [-0.2, 0) is 0 Å². The van der Waals surface area contributed by atoms with Crippen LogP contribution in [0.25, 0.3) is 0 Å². The van der Waals surface area contributed by atoms with Crippen LogP contribution in [0.3, 0.4) is 0 Å². The molecule has 1 aliphatic heterocycles. The van der Waals surface area contributed by atoms with Crippen LogP contribution < -0.4 is 15.8 Å². The van der Waals surface area contributed by atoms with E-state index in [-0.39, 0.29) is 0 Å². The maximum atomic E-state index is 3.06. The van der Waals surface area contributed by atoms with E-state index in [0.717, 1.165) is 13.2 Å². The van der Waals surface area contributed by atoms with Crippen molar-refractivity contribution in [2.24, 2.45) is 0 Å². The summed E-state index contributed by atoms with van der Waals surface area (Å²) >= 11 is 0. The standard InChI is InChI=1S/C3H7N3/c1-2-5-6-3-4-1/h2,4,6H,1,3H2/p+1. The van der Waals surface area contributed by atoms with E-state index in [1.807, 2.05) is 6.21 Å². The summed E-state index contributed by atoms with van der Waals surface area (Å²) in [6, 6.07) is 0. The largest absolute Gasteiger partial charge is 0.286 e. The first-order valence-electron chi connectivity index (χ1n) is 2.01. The lowest BCUT2D eigenvalue weighted by molar-refractivity contribution is -0.527. The van der Waals surface area contributed by atoms with Crippen LogP contribution >= 0.6 is 0 Å². The molecule has 34 valence electrons. The molecule has 3 heteroatoms. The molecule has 0 aromatic heterocycles. The second kappa shape index (κ2) is 1.77. The molecule has 1 rings (SSSR count). The summed E-state index contributed by atoms with van der Waals surface area (Å²) < 4.78 is 0. The molecule has 0 aliphatic carbocycles. The maximum absolute atomic E-state index is 3.06. The highest BCUT2D eigenvalue weighted by Gasteiger charge is 1.88. The minimum absolute atomic E-state index is 0.858. The van der Waals surface area contributed by atoms with Crippen LogP contribution in [-0.4, -0.2) is 19.4 Å². The van der Waals surface area contributed by atoms with Crippen LogP contribution in [0.15, 0.2) is 0 Å². The Morgan fingerprint density at radius 2 is 2.67 bits per heavy atom. The number of hydrogen-bond donors (Lipinski definition) is 3. The Labute approximate surface area is 36.4 Å². The fourth-order valence-electron chi connectivity index (χ4n) is 0.381. The Bertz CT molecular complexity index is 51.1. The summed E-state index contributed by atoms with van der Waals surface area (Å²) in [6.07, 6.45) is 1.92. The molecule has 0 saturated heterocycles. The van der Waals surface area contributed by atoms with Crippen LogP contribution in [0, 0.1) is 0 Å². The molecule has 0 spiro atoms. The summed E-state index contributed by atoms with van der Waals surface area (Å²) in [7, 11) is 0. The Hall–Kier alpha value is -0.570. The summed E-state index contributed by atoms with van der Waals surface area (Å²) in [5, 5.41) is 5.90. The third-order valence-corrected chi connectivity index (χ3v) is 0.664. The Morgan fingerprint density at radius 1 is 1.67 bits per heavy atom. The summed E-state index contributed by atoms with van der Waals surface area (Å²) in [5.41, 5.74) is 2.87. The summed E-state index contributed by atoms with van der Waals surface area (Å²) in [6.45, 7) is 1.81. The SMILES string of the molecule is C1=[NH+]NCNC1. The van der Waals surface area contributed by atoms with Crippen molar-refractivity contribution in [2.45, 2.75) is 0 Å². The van der Waals surface area contributed by atoms with Gasteiger partial charge in [-0.1, -0.05) is 0 Å². The molecule has 0 unspecified atom stereocenters. The highest BCUT2D eigenvalue weighted by Crippen LogP contribution is 1.42. The molecule has 0 bridgehead atoms. The van der Waals surface area contributed by atoms with Gasteiger partial charge in [-0.3, -0.25) is 5.32 Å². The minimum atomic E-state index is 0.858. The van der Waals surface area contributed by atoms with Gasteiger partial charge in [0.1, 0.15) is 6.67 Å². The van der Waals surface area contributed by atoms with Crippen LogP contribution in [0.1, 0.15) is 0 Å². The molecule has 3 nitrogen and oxygen atoms in total. The van der Waals surface area contributed by atoms with Gasteiger partial charge in [-0.25, -0.2) is 0 Å². The zero-order valence-electron chi connectivity index (χ0n) is 3.49. The number of hydrazine groups is 1. The van der Waals surface area contributed by atoms with E-state index in [0.29, 0.717) is 0 Å². The van der Waals surface area contributed by atoms with Crippen LogP contribution in [0.4, 0.5) is 0 Å². The Kier molecular flexibility index (Phi) is 1.06. The molecule has 1 heterocycles. The van der Waals surface area contributed by atoms with Crippen molar-refractivity contribution in [3.63, 3.8) is 0 Å². The molecule has 1 aliphatic rings. The molecule has 6 heavy (non-hydrogen) atoms. The zero-order chi connectivity index (χ0) is 4.24. The van der Waals surface area contributed by atoms with Gasteiger partial charge in [0.2, 0.25) is 0 Å². The fraction of sp³-hybridized carbons (Fsp3) is 0.667. The van der Waals surface area contributed by atoms with E-state index in [9.17, 15) is 0 Å². The van der Waals surface area contributed by atoms with Crippen molar-refractivity contribution in [1.82, 2.24) is 10.7 Å². The molecule has 0 radical (unpaired) electrons. The third-order valence-electron chi connectivity index (χ3n) is 0.664. The molecular formula is C3H8N3+. The van der Waals surface area contributed by atoms with Gasteiger partial charge < -0.3 is 0 Å². The minimum Gasteiger partial charge on any atom is -0.286 e. The molecule has 0 aromatic carbocycles. The van der Waals surface area contributed by atoms with Crippen molar-refractivity contribution in [2.75, 3.05) is 13.2 Å². The number of hydrazone groups is 1. The first kappa shape index (κ1) is 3.61. The van der Waals surface area contributed by atoms with Gasteiger partial charge in [0, 0.05) is 0 Å². The molecule has 0 aromatic rings.